The van der Waals surface area contributed by atoms with Crippen LogP contribution in [-0.4, -0.2) is 0 Å². The van der Waals surface area contributed by atoms with Gasteiger partial charge in [0.2, 0.25) is 0 Å². The summed E-state index contributed by atoms with van der Waals surface area (Å²) in [5, 5.41) is 9.25. The van der Waals surface area contributed by atoms with Crippen LogP contribution >= 0.6 is 11.6 Å². The van der Waals surface area contributed by atoms with Gasteiger partial charge in [-0.05, 0) is 36.6 Å². The Kier molecular flexibility index (Phi) is 3.88. The molecule has 78 valence electrons. The normalized spacial score (nSPS) is 11.9. The Morgan fingerprint density at radius 1 is 1.53 bits per heavy atom. The van der Waals surface area contributed by atoms with Crippen LogP contribution in [0.25, 0.3) is 5.03 Å². The van der Waals surface area contributed by atoms with E-state index in [0.29, 0.717) is 17.0 Å². The molecule has 1 nitrogen and oxygen atoms in total. The van der Waals surface area contributed by atoms with Gasteiger partial charge in [-0.2, -0.15) is 5.26 Å². The molecule has 0 saturated heterocycles. The highest BCUT2D eigenvalue weighted by molar-refractivity contribution is 6.49. The zero-order valence-electron chi connectivity index (χ0n) is 8.64. The van der Waals surface area contributed by atoms with Gasteiger partial charge in [0, 0.05) is 5.57 Å². The van der Waals surface area contributed by atoms with Crippen molar-refractivity contribution in [2.24, 2.45) is 0 Å². The van der Waals surface area contributed by atoms with Crippen molar-refractivity contribution in [3.8, 4) is 6.07 Å². The van der Waals surface area contributed by atoms with Gasteiger partial charge in [0.1, 0.15) is 5.82 Å². The average Bonchev–Trinajstić information content (AvgIpc) is 2.19. The van der Waals surface area contributed by atoms with Crippen LogP contribution in [-0.2, 0) is 0 Å². The van der Waals surface area contributed by atoms with E-state index >= 15 is 0 Å². The van der Waals surface area contributed by atoms with Gasteiger partial charge < -0.3 is 0 Å². The van der Waals surface area contributed by atoms with Crippen LogP contribution in [0.3, 0.4) is 0 Å². The maximum absolute atomic E-state index is 12.9. The first kappa shape index (κ1) is 11.7. The third-order valence-electron chi connectivity index (χ3n) is 2.18. The SMILES string of the molecule is CC/C(C#N)=C(/Cl)c1ccc(F)cc1C. The molecule has 1 aromatic carbocycles. The maximum Gasteiger partial charge on any atom is 0.123 e. The number of halogens is 2. The molecule has 1 rings (SSSR count). The smallest absolute Gasteiger partial charge is 0.123 e. The zero-order valence-corrected chi connectivity index (χ0v) is 9.40. The Morgan fingerprint density at radius 3 is 2.67 bits per heavy atom. The van der Waals surface area contributed by atoms with E-state index in [9.17, 15) is 4.39 Å². The highest BCUT2D eigenvalue weighted by Gasteiger charge is 2.08. The summed E-state index contributed by atoms with van der Waals surface area (Å²) in [6.45, 7) is 3.63. The molecule has 0 amide bonds. The van der Waals surface area contributed by atoms with Crippen molar-refractivity contribution >= 4 is 16.6 Å². The third kappa shape index (κ3) is 2.57. The van der Waals surface area contributed by atoms with Gasteiger partial charge >= 0.3 is 0 Å². The number of nitriles is 1. The predicted octanol–water partition coefficient (Wildman–Crippen LogP) is 4.02. The lowest BCUT2D eigenvalue weighted by molar-refractivity contribution is 0.626. The Hall–Kier alpha value is -1.33. The number of allylic oxidation sites excluding steroid dienone is 1. The first-order chi connectivity index (χ1) is 7.10. The van der Waals surface area contributed by atoms with E-state index in [4.69, 9.17) is 16.9 Å². The van der Waals surface area contributed by atoms with E-state index in [2.05, 4.69) is 0 Å². The van der Waals surface area contributed by atoms with Crippen molar-refractivity contribution in [3.05, 3.63) is 40.7 Å². The van der Waals surface area contributed by atoms with Gasteiger partial charge in [0.05, 0.1) is 11.1 Å². The monoisotopic (exact) mass is 223 g/mol. The van der Waals surface area contributed by atoms with E-state index in [1.165, 1.54) is 12.1 Å². The van der Waals surface area contributed by atoms with Gasteiger partial charge in [-0.25, -0.2) is 4.39 Å². The van der Waals surface area contributed by atoms with Crippen molar-refractivity contribution in [1.29, 1.82) is 5.26 Å². The van der Waals surface area contributed by atoms with Crippen LogP contribution in [0.15, 0.2) is 23.8 Å². The van der Waals surface area contributed by atoms with Crippen molar-refractivity contribution < 1.29 is 4.39 Å². The minimum Gasteiger partial charge on any atom is -0.207 e. The number of hydrogen-bond acceptors (Lipinski definition) is 1. The van der Waals surface area contributed by atoms with Gasteiger partial charge in [-0.15, -0.1) is 0 Å². The largest absolute Gasteiger partial charge is 0.207 e. The first-order valence-corrected chi connectivity index (χ1v) is 5.03. The Balaban J connectivity index is 3.29. The zero-order chi connectivity index (χ0) is 11.4. The van der Waals surface area contributed by atoms with E-state index in [1.807, 2.05) is 13.0 Å². The summed E-state index contributed by atoms with van der Waals surface area (Å²) in [5.41, 5.74) is 1.98. The molecule has 0 saturated carbocycles. The van der Waals surface area contributed by atoms with Crippen LogP contribution in [0.4, 0.5) is 4.39 Å². The summed E-state index contributed by atoms with van der Waals surface area (Å²) in [4.78, 5) is 0. The molecule has 3 heteroatoms. The third-order valence-corrected chi connectivity index (χ3v) is 2.61. The molecular weight excluding hydrogens is 213 g/mol. The van der Waals surface area contributed by atoms with E-state index in [0.717, 1.165) is 11.1 Å². The first-order valence-electron chi connectivity index (χ1n) is 4.65. The Labute approximate surface area is 93.8 Å². The van der Waals surface area contributed by atoms with Crippen molar-refractivity contribution in [1.82, 2.24) is 0 Å². The van der Waals surface area contributed by atoms with Gasteiger partial charge in [0.15, 0.2) is 0 Å². The van der Waals surface area contributed by atoms with Crippen molar-refractivity contribution in [2.45, 2.75) is 20.3 Å². The molecule has 15 heavy (non-hydrogen) atoms. The molecule has 0 fully saturated rings. The molecule has 0 aromatic heterocycles. The summed E-state index contributed by atoms with van der Waals surface area (Å²) >= 11 is 6.06. The summed E-state index contributed by atoms with van der Waals surface area (Å²) in [5.74, 6) is -0.296. The van der Waals surface area contributed by atoms with Gasteiger partial charge in [-0.1, -0.05) is 24.6 Å². The molecule has 0 radical (unpaired) electrons. The van der Waals surface area contributed by atoms with Crippen LogP contribution in [0, 0.1) is 24.1 Å². The fraction of sp³-hybridized carbons (Fsp3) is 0.250. The van der Waals surface area contributed by atoms with Crippen molar-refractivity contribution in [2.75, 3.05) is 0 Å². The highest BCUT2D eigenvalue weighted by atomic mass is 35.5. The molecule has 0 N–H and O–H groups in total. The number of hydrogen-bond donors (Lipinski definition) is 0. The van der Waals surface area contributed by atoms with E-state index < -0.39 is 0 Å². The van der Waals surface area contributed by atoms with Gasteiger partial charge in [-0.3, -0.25) is 0 Å². The van der Waals surface area contributed by atoms with Gasteiger partial charge in [0.25, 0.3) is 0 Å². The van der Waals surface area contributed by atoms with Crippen LogP contribution in [0.1, 0.15) is 24.5 Å². The van der Waals surface area contributed by atoms with Crippen LogP contribution in [0.2, 0.25) is 0 Å². The fourth-order valence-corrected chi connectivity index (χ4v) is 1.71. The number of rotatable bonds is 2. The maximum atomic E-state index is 12.9. The lowest BCUT2D eigenvalue weighted by Gasteiger charge is -2.06. The molecule has 1 aromatic rings. The Morgan fingerprint density at radius 2 is 2.20 bits per heavy atom. The summed E-state index contributed by atoms with van der Waals surface area (Å²) in [6, 6.07) is 6.39. The minimum atomic E-state index is -0.296. The molecule has 0 heterocycles. The number of nitrogens with zero attached hydrogens (tertiary/aromatic N) is 1. The lowest BCUT2D eigenvalue weighted by Crippen LogP contribution is -1.89. The lowest BCUT2D eigenvalue weighted by atomic mass is 10.0. The van der Waals surface area contributed by atoms with E-state index in [1.54, 1.807) is 13.0 Å². The fourth-order valence-electron chi connectivity index (χ4n) is 1.32. The second-order valence-electron chi connectivity index (χ2n) is 3.22. The molecule has 0 aliphatic heterocycles. The molecule has 0 aliphatic carbocycles. The number of benzene rings is 1. The predicted molar refractivity (Wildman–Crippen MR) is 59.8 cm³/mol. The van der Waals surface area contributed by atoms with Crippen LogP contribution < -0.4 is 0 Å². The summed E-state index contributed by atoms with van der Waals surface area (Å²) in [6.07, 6.45) is 0.576. The summed E-state index contributed by atoms with van der Waals surface area (Å²) < 4.78 is 12.9. The molecule has 0 aliphatic rings. The molecular formula is C12H11ClFN. The second-order valence-corrected chi connectivity index (χ2v) is 3.60. The van der Waals surface area contributed by atoms with Crippen LogP contribution in [0.5, 0.6) is 0 Å². The molecule has 0 bridgehead atoms. The standard InChI is InChI=1S/C12H11ClFN/c1-3-9(7-15)12(13)11-5-4-10(14)6-8(11)2/h4-6H,3H2,1-2H3/b12-9-. The average molecular weight is 224 g/mol. The molecule has 0 unspecified atom stereocenters. The number of aryl methyl sites for hydroxylation is 1. The summed E-state index contributed by atoms with van der Waals surface area (Å²) in [7, 11) is 0. The topological polar surface area (TPSA) is 23.8 Å². The molecule has 0 atom stereocenters. The Bertz CT molecular complexity index is 443. The van der Waals surface area contributed by atoms with E-state index in [-0.39, 0.29) is 5.82 Å². The van der Waals surface area contributed by atoms with Crippen molar-refractivity contribution in [3.63, 3.8) is 0 Å². The minimum absolute atomic E-state index is 0.296. The highest BCUT2D eigenvalue weighted by Crippen LogP contribution is 2.27. The molecule has 0 spiro atoms. The second kappa shape index (κ2) is 4.95. The quantitative estimate of drug-likeness (QED) is 0.695.